The molecule has 2 N–H and O–H groups in total. The number of likely N-dealkylation sites (N-methyl/N-ethyl adjacent to an activating group) is 1. The molecule has 31 heavy (non-hydrogen) atoms. The standard InChI is InChI=1S/C21H28F3N5O.HI/c1-3-25-20(27-15-18-5-4-12-30-18)26-14-16-13-17(21(22,23)24)6-7-19(16)29-10-8-28(2)9-11-29;/h4-7,12-13H,3,8-11,14-15H2,1-2H3,(H2,25,26,27);1H. The van der Waals surface area contributed by atoms with Crippen LogP contribution in [0.5, 0.6) is 0 Å². The number of rotatable bonds is 6. The number of nitrogens with one attached hydrogen (secondary N) is 2. The first-order valence-corrected chi connectivity index (χ1v) is 10.0. The molecule has 2 aromatic rings. The maximum atomic E-state index is 13.3. The van der Waals surface area contributed by atoms with E-state index in [0.29, 0.717) is 24.6 Å². The van der Waals surface area contributed by atoms with Crippen LogP contribution < -0.4 is 15.5 Å². The van der Waals surface area contributed by atoms with E-state index in [2.05, 4.69) is 25.4 Å². The molecule has 0 aliphatic carbocycles. The van der Waals surface area contributed by atoms with Crippen LogP contribution in [0.4, 0.5) is 18.9 Å². The number of aliphatic imine (C=N–C) groups is 1. The highest BCUT2D eigenvalue weighted by Gasteiger charge is 2.31. The topological polar surface area (TPSA) is 56.0 Å². The van der Waals surface area contributed by atoms with Gasteiger partial charge in [0.2, 0.25) is 0 Å². The van der Waals surface area contributed by atoms with Crippen molar-refractivity contribution in [1.82, 2.24) is 15.5 Å². The third-order valence-electron chi connectivity index (χ3n) is 5.01. The molecule has 0 spiro atoms. The van der Waals surface area contributed by atoms with E-state index in [4.69, 9.17) is 4.42 Å². The Labute approximate surface area is 197 Å². The number of guanidine groups is 1. The lowest BCUT2D eigenvalue weighted by Gasteiger charge is -2.35. The average molecular weight is 551 g/mol. The number of piperazine rings is 1. The number of alkyl halides is 3. The Morgan fingerprint density at radius 2 is 1.87 bits per heavy atom. The summed E-state index contributed by atoms with van der Waals surface area (Å²) in [5.74, 6) is 1.27. The monoisotopic (exact) mass is 551 g/mol. The van der Waals surface area contributed by atoms with Gasteiger partial charge in [0.1, 0.15) is 5.76 Å². The summed E-state index contributed by atoms with van der Waals surface area (Å²) in [4.78, 5) is 8.87. The largest absolute Gasteiger partial charge is 0.467 e. The van der Waals surface area contributed by atoms with Crippen molar-refractivity contribution in [2.75, 3.05) is 44.7 Å². The maximum absolute atomic E-state index is 13.3. The molecule has 0 radical (unpaired) electrons. The lowest BCUT2D eigenvalue weighted by Crippen LogP contribution is -2.44. The summed E-state index contributed by atoms with van der Waals surface area (Å²) in [6.07, 6.45) is -2.80. The lowest BCUT2D eigenvalue weighted by atomic mass is 10.1. The molecule has 0 amide bonds. The predicted octanol–water partition coefficient (Wildman–Crippen LogP) is 3.92. The predicted molar refractivity (Wildman–Crippen MR) is 127 cm³/mol. The van der Waals surface area contributed by atoms with Gasteiger partial charge in [0.15, 0.2) is 5.96 Å². The molecule has 172 valence electrons. The van der Waals surface area contributed by atoms with Crippen molar-refractivity contribution in [3.8, 4) is 0 Å². The summed E-state index contributed by atoms with van der Waals surface area (Å²) in [5.41, 5.74) is 0.713. The number of nitrogens with zero attached hydrogens (tertiary/aromatic N) is 3. The van der Waals surface area contributed by atoms with E-state index in [0.717, 1.165) is 43.7 Å². The minimum absolute atomic E-state index is 0. The van der Waals surface area contributed by atoms with Gasteiger partial charge in [0, 0.05) is 38.4 Å². The highest BCUT2D eigenvalue weighted by molar-refractivity contribution is 14.0. The van der Waals surface area contributed by atoms with Gasteiger partial charge in [-0.1, -0.05) is 0 Å². The van der Waals surface area contributed by atoms with Gasteiger partial charge in [-0.15, -0.1) is 24.0 Å². The smallest absolute Gasteiger partial charge is 0.416 e. The molecule has 0 atom stereocenters. The molecule has 0 bridgehead atoms. The van der Waals surface area contributed by atoms with E-state index < -0.39 is 11.7 Å². The zero-order chi connectivity index (χ0) is 21.6. The molecule has 0 saturated carbocycles. The van der Waals surface area contributed by atoms with E-state index in [-0.39, 0.29) is 30.5 Å². The van der Waals surface area contributed by atoms with Crippen LogP contribution in [0.15, 0.2) is 46.0 Å². The molecule has 1 fully saturated rings. The number of anilines is 1. The number of furan rings is 1. The first kappa shape index (κ1) is 25.3. The maximum Gasteiger partial charge on any atom is 0.416 e. The van der Waals surface area contributed by atoms with Crippen molar-refractivity contribution < 1.29 is 17.6 Å². The van der Waals surface area contributed by atoms with Crippen LogP contribution in [0.3, 0.4) is 0 Å². The second-order valence-corrected chi connectivity index (χ2v) is 7.26. The average Bonchev–Trinajstić information content (AvgIpc) is 3.23. The van der Waals surface area contributed by atoms with Crippen LogP contribution in [0.25, 0.3) is 0 Å². The van der Waals surface area contributed by atoms with Crippen LogP contribution in [0.1, 0.15) is 23.8 Å². The van der Waals surface area contributed by atoms with E-state index in [1.54, 1.807) is 18.4 Å². The van der Waals surface area contributed by atoms with E-state index in [1.165, 1.54) is 6.07 Å². The van der Waals surface area contributed by atoms with Gasteiger partial charge in [-0.3, -0.25) is 0 Å². The molecule has 0 unspecified atom stereocenters. The van der Waals surface area contributed by atoms with Crippen LogP contribution in [0.2, 0.25) is 0 Å². The Hall–Kier alpha value is -1.95. The molecule has 10 heteroatoms. The van der Waals surface area contributed by atoms with Crippen molar-refractivity contribution in [3.63, 3.8) is 0 Å². The Morgan fingerprint density at radius 1 is 1.13 bits per heavy atom. The summed E-state index contributed by atoms with van der Waals surface area (Å²) in [6, 6.07) is 7.58. The Kier molecular flexibility index (Phi) is 9.48. The minimum atomic E-state index is -4.39. The van der Waals surface area contributed by atoms with Crippen molar-refractivity contribution in [2.24, 2.45) is 4.99 Å². The number of hydrogen-bond acceptors (Lipinski definition) is 4. The summed E-state index contributed by atoms with van der Waals surface area (Å²) in [5, 5.41) is 6.27. The van der Waals surface area contributed by atoms with E-state index in [1.807, 2.05) is 20.0 Å². The number of hydrogen-bond donors (Lipinski definition) is 2. The fourth-order valence-electron chi connectivity index (χ4n) is 3.33. The second-order valence-electron chi connectivity index (χ2n) is 7.26. The quantitative estimate of drug-likeness (QED) is 0.324. The van der Waals surface area contributed by atoms with Gasteiger partial charge in [-0.25, -0.2) is 4.99 Å². The Morgan fingerprint density at radius 3 is 2.48 bits per heavy atom. The van der Waals surface area contributed by atoms with Crippen LogP contribution in [0, 0.1) is 0 Å². The number of benzene rings is 1. The van der Waals surface area contributed by atoms with Crippen molar-refractivity contribution in [1.29, 1.82) is 0 Å². The zero-order valence-corrected chi connectivity index (χ0v) is 20.0. The highest BCUT2D eigenvalue weighted by Crippen LogP contribution is 2.33. The minimum Gasteiger partial charge on any atom is -0.467 e. The van der Waals surface area contributed by atoms with Crippen LogP contribution in [-0.2, 0) is 19.3 Å². The molecule has 6 nitrogen and oxygen atoms in total. The van der Waals surface area contributed by atoms with E-state index >= 15 is 0 Å². The third-order valence-corrected chi connectivity index (χ3v) is 5.01. The van der Waals surface area contributed by atoms with E-state index in [9.17, 15) is 13.2 Å². The SMILES string of the molecule is CCNC(=NCc1cc(C(F)(F)F)ccc1N1CCN(C)CC1)NCc1ccco1.I. The summed E-state index contributed by atoms with van der Waals surface area (Å²) in [7, 11) is 2.04. The third kappa shape index (κ3) is 7.30. The molecule has 1 aromatic heterocycles. The van der Waals surface area contributed by atoms with Gasteiger partial charge in [0.05, 0.1) is 24.9 Å². The molecule has 1 aliphatic heterocycles. The van der Waals surface area contributed by atoms with Crippen molar-refractivity contribution >= 4 is 35.6 Å². The summed E-state index contributed by atoms with van der Waals surface area (Å²) >= 11 is 0. The summed E-state index contributed by atoms with van der Waals surface area (Å²) in [6.45, 7) is 6.44. The van der Waals surface area contributed by atoms with Gasteiger partial charge >= 0.3 is 6.18 Å². The molecule has 3 rings (SSSR count). The summed E-state index contributed by atoms with van der Waals surface area (Å²) < 4.78 is 45.2. The van der Waals surface area contributed by atoms with Crippen molar-refractivity contribution in [3.05, 3.63) is 53.5 Å². The number of halogens is 4. The molecule has 1 saturated heterocycles. The van der Waals surface area contributed by atoms with Gasteiger partial charge in [0.25, 0.3) is 0 Å². The molecular weight excluding hydrogens is 522 g/mol. The molecule has 1 aromatic carbocycles. The van der Waals surface area contributed by atoms with Gasteiger partial charge in [-0.05, 0) is 49.9 Å². The zero-order valence-electron chi connectivity index (χ0n) is 17.7. The fourth-order valence-corrected chi connectivity index (χ4v) is 3.33. The Bertz CT molecular complexity index is 834. The van der Waals surface area contributed by atoms with Crippen LogP contribution in [-0.4, -0.2) is 50.6 Å². The highest BCUT2D eigenvalue weighted by atomic mass is 127. The van der Waals surface area contributed by atoms with Gasteiger partial charge in [-0.2, -0.15) is 13.2 Å². The normalized spacial score (nSPS) is 15.5. The van der Waals surface area contributed by atoms with Crippen LogP contribution >= 0.6 is 24.0 Å². The molecule has 2 heterocycles. The lowest BCUT2D eigenvalue weighted by molar-refractivity contribution is -0.137. The molecule has 1 aliphatic rings. The first-order valence-electron chi connectivity index (χ1n) is 10.0. The fraction of sp³-hybridized carbons (Fsp3) is 0.476. The molecular formula is C21H29F3IN5O. The Balaban J connectivity index is 0.00000341. The van der Waals surface area contributed by atoms with Gasteiger partial charge < -0.3 is 24.9 Å². The van der Waals surface area contributed by atoms with Crippen molar-refractivity contribution in [2.45, 2.75) is 26.2 Å². The second kappa shape index (κ2) is 11.6. The first-order chi connectivity index (χ1) is 14.4.